The van der Waals surface area contributed by atoms with Gasteiger partial charge in [-0.25, -0.2) is 12.8 Å². The minimum atomic E-state index is -3.99. The Kier molecular flexibility index (Phi) is 6.87. The summed E-state index contributed by atoms with van der Waals surface area (Å²) in [6, 6.07) is 10.4. The Hall–Kier alpha value is -2.45. The second-order valence-electron chi connectivity index (χ2n) is 6.91. The normalized spacial score (nSPS) is 15.1. The highest BCUT2D eigenvalue weighted by atomic mass is 32.2. The lowest BCUT2D eigenvalue weighted by atomic mass is 10.2. The number of carbonyl (C=O) groups excluding carboxylic acids is 1. The van der Waals surface area contributed by atoms with E-state index in [4.69, 9.17) is 4.74 Å². The molecule has 0 bridgehead atoms. The van der Waals surface area contributed by atoms with E-state index in [1.165, 1.54) is 10.4 Å². The fourth-order valence-corrected chi connectivity index (χ4v) is 4.80. The molecule has 1 heterocycles. The van der Waals surface area contributed by atoms with Gasteiger partial charge in [-0.2, -0.15) is 4.31 Å². The van der Waals surface area contributed by atoms with E-state index in [2.05, 4.69) is 5.32 Å². The first-order valence-corrected chi connectivity index (χ1v) is 11.2. The lowest BCUT2D eigenvalue weighted by molar-refractivity contribution is 0.102. The predicted octanol–water partition coefficient (Wildman–Crippen LogP) is 4.04. The summed E-state index contributed by atoms with van der Waals surface area (Å²) in [6.45, 7) is 3.20. The molecule has 2 aromatic rings. The number of anilines is 1. The molecule has 0 spiro atoms. The van der Waals surface area contributed by atoms with Gasteiger partial charge in [-0.3, -0.25) is 4.79 Å². The summed E-state index contributed by atoms with van der Waals surface area (Å²) in [6.07, 6.45) is 3.26. The average molecular weight is 421 g/mol. The Morgan fingerprint density at radius 3 is 2.59 bits per heavy atom. The van der Waals surface area contributed by atoms with E-state index in [0.29, 0.717) is 31.1 Å². The Morgan fingerprint density at radius 1 is 1.14 bits per heavy atom. The van der Waals surface area contributed by atoms with Gasteiger partial charge in [0.15, 0.2) is 0 Å². The van der Waals surface area contributed by atoms with Gasteiger partial charge in [-0.05, 0) is 49.6 Å². The van der Waals surface area contributed by atoms with Crippen molar-refractivity contribution < 1.29 is 22.3 Å². The molecule has 1 aliphatic heterocycles. The Labute approximate surface area is 170 Å². The number of nitrogens with one attached hydrogen (secondary N) is 1. The molecule has 1 aliphatic rings. The number of hydrogen-bond donors (Lipinski definition) is 1. The smallest absolute Gasteiger partial charge is 0.255 e. The molecule has 8 heteroatoms. The lowest BCUT2D eigenvalue weighted by Gasteiger charge is -2.26. The van der Waals surface area contributed by atoms with Crippen LogP contribution in [-0.2, 0) is 10.0 Å². The number of amides is 1. The number of carbonyl (C=O) groups is 1. The molecular formula is C21H25FN2O4S. The third-order valence-corrected chi connectivity index (χ3v) is 6.64. The maximum absolute atomic E-state index is 14.4. The van der Waals surface area contributed by atoms with Gasteiger partial charge >= 0.3 is 0 Å². The van der Waals surface area contributed by atoms with E-state index >= 15 is 0 Å². The van der Waals surface area contributed by atoms with Gasteiger partial charge in [-0.15, -0.1) is 0 Å². The van der Waals surface area contributed by atoms with E-state index < -0.39 is 26.6 Å². The van der Waals surface area contributed by atoms with Crippen molar-refractivity contribution in [3.63, 3.8) is 0 Å². The number of piperidine rings is 1. The van der Waals surface area contributed by atoms with Crippen LogP contribution in [0.25, 0.3) is 0 Å². The summed E-state index contributed by atoms with van der Waals surface area (Å²) in [5.41, 5.74) is 0.531. The van der Waals surface area contributed by atoms with Crippen molar-refractivity contribution in [3.8, 4) is 5.75 Å². The van der Waals surface area contributed by atoms with Crippen LogP contribution >= 0.6 is 0 Å². The zero-order chi connectivity index (χ0) is 20.9. The van der Waals surface area contributed by atoms with Crippen molar-refractivity contribution in [2.75, 3.05) is 25.0 Å². The molecule has 1 saturated heterocycles. The van der Waals surface area contributed by atoms with Crippen LogP contribution in [0.3, 0.4) is 0 Å². The van der Waals surface area contributed by atoms with Crippen LogP contribution in [-0.4, -0.2) is 38.3 Å². The first kappa shape index (κ1) is 21.3. The van der Waals surface area contributed by atoms with Gasteiger partial charge in [0, 0.05) is 18.7 Å². The first-order chi connectivity index (χ1) is 13.9. The Morgan fingerprint density at radius 2 is 1.86 bits per heavy atom. The molecular weight excluding hydrogens is 395 g/mol. The summed E-state index contributed by atoms with van der Waals surface area (Å²) in [7, 11) is -3.99. The Bertz CT molecular complexity index is 972. The first-order valence-electron chi connectivity index (χ1n) is 9.76. The molecule has 1 amide bonds. The van der Waals surface area contributed by atoms with Crippen LogP contribution in [0.4, 0.5) is 10.1 Å². The number of benzene rings is 2. The molecule has 0 radical (unpaired) electrons. The van der Waals surface area contributed by atoms with Crippen molar-refractivity contribution in [2.24, 2.45) is 0 Å². The summed E-state index contributed by atoms with van der Waals surface area (Å²) >= 11 is 0. The highest BCUT2D eigenvalue weighted by Gasteiger charge is 2.29. The molecule has 0 aliphatic carbocycles. The predicted molar refractivity (Wildman–Crippen MR) is 109 cm³/mol. The third kappa shape index (κ3) is 4.94. The molecule has 3 rings (SSSR count). The molecule has 0 atom stereocenters. The second kappa shape index (κ2) is 9.37. The molecule has 156 valence electrons. The highest BCUT2D eigenvalue weighted by molar-refractivity contribution is 7.89. The van der Waals surface area contributed by atoms with Gasteiger partial charge in [0.25, 0.3) is 5.91 Å². The monoisotopic (exact) mass is 420 g/mol. The van der Waals surface area contributed by atoms with Gasteiger partial charge < -0.3 is 10.1 Å². The van der Waals surface area contributed by atoms with Crippen molar-refractivity contribution >= 4 is 21.6 Å². The van der Waals surface area contributed by atoms with E-state index in [-0.39, 0.29) is 5.56 Å². The van der Waals surface area contributed by atoms with E-state index in [0.717, 1.165) is 37.8 Å². The number of ether oxygens (including phenoxy) is 1. The maximum atomic E-state index is 14.4. The molecule has 29 heavy (non-hydrogen) atoms. The van der Waals surface area contributed by atoms with E-state index in [1.807, 2.05) is 6.92 Å². The molecule has 1 N–H and O–H groups in total. The minimum absolute atomic E-state index is 0.0623. The summed E-state index contributed by atoms with van der Waals surface area (Å²) in [5.74, 6) is -0.877. The summed E-state index contributed by atoms with van der Waals surface area (Å²) in [5, 5.41) is 2.72. The largest absolute Gasteiger partial charge is 0.491 e. The minimum Gasteiger partial charge on any atom is -0.491 e. The highest BCUT2D eigenvalue weighted by Crippen LogP contribution is 2.27. The van der Waals surface area contributed by atoms with Gasteiger partial charge in [0.1, 0.15) is 16.5 Å². The van der Waals surface area contributed by atoms with Crippen LogP contribution in [0.2, 0.25) is 0 Å². The van der Waals surface area contributed by atoms with Crippen LogP contribution in [0.5, 0.6) is 5.75 Å². The molecule has 2 aromatic carbocycles. The number of rotatable bonds is 7. The van der Waals surface area contributed by atoms with Crippen molar-refractivity contribution in [3.05, 3.63) is 53.8 Å². The Balaban J connectivity index is 1.85. The quantitative estimate of drug-likeness (QED) is 0.733. The number of nitrogens with zero attached hydrogens (tertiary/aromatic N) is 1. The average Bonchev–Trinajstić information content (AvgIpc) is 2.74. The SMILES string of the molecule is CCCOc1ccccc1NC(=O)c1ccc(F)c(S(=O)(=O)N2CCCCC2)c1. The fourth-order valence-electron chi connectivity index (χ4n) is 3.19. The van der Waals surface area contributed by atoms with Gasteiger partial charge in [0.05, 0.1) is 12.3 Å². The maximum Gasteiger partial charge on any atom is 0.255 e. The van der Waals surface area contributed by atoms with Crippen LogP contribution in [0, 0.1) is 5.82 Å². The summed E-state index contributed by atoms with van der Waals surface area (Å²) < 4.78 is 47.0. The fraction of sp³-hybridized carbons (Fsp3) is 0.381. The number of para-hydroxylation sites is 2. The number of sulfonamides is 1. The van der Waals surface area contributed by atoms with Crippen LogP contribution in [0.15, 0.2) is 47.4 Å². The summed E-state index contributed by atoms with van der Waals surface area (Å²) in [4.78, 5) is 12.2. The van der Waals surface area contributed by atoms with Crippen LogP contribution < -0.4 is 10.1 Å². The standard InChI is InChI=1S/C21H25FN2O4S/c1-2-14-28-19-9-5-4-8-18(19)23-21(25)16-10-11-17(22)20(15-16)29(26,27)24-12-6-3-7-13-24/h4-5,8-11,15H,2-3,6-7,12-14H2,1H3,(H,23,25). The molecule has 0 saturated carbocycles. The van der Waals surface area contributed by atoms with E-state index in [9.17, 15) is 17.6 Å². The topological polar surface area (TPSA) is 75.7 Å². The lowest BCUT2D eigenvalue weighted by Crippen LogP contribution is -2.36. The number of halogens is 1. The van der Waals surface area contributed by atoms with Crippen LogP contribution in [0.1, 0.15) is 43.0 Å². The second-order valence-corrected chi connectivity index (χ2v) is 8.82. The van der Waals surface area contributed by atoms with E-state index in [1.54, 1.807) is 24.3 Å². The zero-order valence-electron chi connectivity index (χ0n) is 16.4. The zero-order valence-corrected chi connectivity index (χ0v) is 17.2. The molecule has 6 nitrogen and oxygen atoms in total. The molecule has 1 fully saturated rings. The van der Waals surface area contributed by atoms with Crippen molar-refractivity contribution in [1.82, 2.24) is 4.31 Å². The van der Waals surface area contributed by atoms with Crippen molar-refractivity contribution in [1.29, 1.82) is 0 Å². The number of hydrogen-bond acceptors (Lipinski definition) is 4. The van der Waals surface area contributed by atoms with Gasteiger partial charge in [-0.1, -0.05) is 25.5 Å². The molecule has 0 unspecified atom stereocenters. The van der Waals surface area contributed by atoms with Crippen molar-refractivity contribution in [2.45, 2.75) is 37.5 Å². The van der Waals surface area contributed by atoms with Gasteiger partial charge in [0.2, 0.25) is 10.0 Å². The molecule has 0 aromatic heterocycles. The third-order valence-electron chi connectivity index (χ3n) is 4.72.